The van der Waals surface area contributed by atoms with Crippen molar-refractivity contribution in [3.05, 3.63) is 18.2 Å². The smallest absolute Gasteiger partial charge is 0.321 e. The van der Waals surface area contributed by atoms with E-state index in [2.05, 4.69) is 5.32 Å². The molecule has 2 aliphatic heterocycles. The van der Waals surface area contributed by atoms with Gasteiger partial charge in [0, 0.05) is 51.4 Å². The maximum atomic E-state index is 12.8. The first-order chi connectivity index (χ1) is 14.0. The van der Waals surface area contributed by atoms with Crippen LogP contribution in [0.1, 0.15) is 32.6 Å². The van der Waals surface area contributed by atoms with Gasteiger partial charge in [0.05, 0.1) is 19.9 Å². The van der Waals surface area contributed by atoms with Crippen LogP contribution in [0.15, 0.2) is 18.2 Å². The summed E-state index contributed by atoms with van der Waals surface area (Å²) in [6, 6.07) is 5.53. The number of carbonyl (C=O) groups excluding carboxylic acids is 2. The third kappa shape index (κ3) is 5.12. The van der Waals surface area contributed by atoms with Crippen molar-refractivity contribution < 1.29 is 23.8 Å². The number of carbonyl (C=O) groups is 2. The van der Waals surface area contributed by atoms with Crippen LogP contribution in [0.5, 0.6) is 11.5 Å². The van der Waals surface area contributed by atoms with Crippen molar-refractivity contribution >= 4 is 17.6 Å². The number of ether oxygens (including phenoxy) is 3. The number of rotatable bonds is 5. The molecule has 2 aliphatic rings. The normalized spacial score (nSPS) is 18.2. The highest BCUT2D eigenvalue weighted by molar-refractivity contribution is 5.91. The van der Waals surface area contributed by atoms with Crippen molar-refractivity contribution in [3.8, 4) is 11.5 Å². The fourth-order valence-electron chi connectivity index (χ4n) is 4.23. The van der Waals surface area contributed by atoms with Crippen LogP contribution in [0.3, 0.4) is 0 Å². The number of hydrogen-bond acceptors (Lipinski definition) is 5. The molecule has 0 bridgehead atoms. The zero-order valence-electron chi connectivity index (χ0n) is 17.5. The summed E-state index contributed by atoms with van der Waals surface area (Å²) in [5.74, 6) is 1.34. The number of piperidine rings is 1. The number of anilines is 1. The number of nitrogens with zero attached hydrogens (tertiary/aromatic N) is 2. The zero-order valence-corrected chi connectivity index (χ0v) is 17.5. The molecule has 0 aromatic heterocycles. The molecule has 3 rings (SSSR count). The van der Waals surface area contributed by atoms with Crippen LogP contribution in [-0.4, -0.2) is 74.3 Å². The van der Waals surface area contributed by atoms with Crippen molar-refractivity contribution in [2.45, 2.75) is 44.7 Å². The van der Waals surface area contributed by atoms with Crippen molar-refractivity contribution in [2.75, 3.05) is 45.8 Å². The van der Waals surface area contributed by atoms with Gasteiger partial charge in [-0.2, -0.15) is 0 Å². The molecule has 0 saturated carbocycles. The SMILES string of the molecule is COc1ccc(OC)c(NC(=O)N2CCC(N(C(C)=O)C3CCOCC3)CC2)c1. The standard InChI is InChI=1S/C21H31N3O5/c1-15(25)24(17-8-12-29-13-9-17)16-6-10-23(11-7-16)21(26)22-19-14-18(27-2)4-5-20(19)28-3/h4-5,14,16-17H,6-13H2,1-3H3,(H,22,26). The van der Waals surface area contributed by atoms with Gasteiger partial charge in [0.25, 0.3) is 0 Å². The Bertz CT molecular complexity index is 712. The van der Waals surface area contributed by atoms with E-state index in [-0.39, 0.29) is 24.0 Å². The third-order valence-corrected chi connectivity index (χ3v) is 5.74. The van der Waals surface area contributed by atoms with Gasteiger partial charge in [-0.3, -0.25) is 4.79 Å². The van der Waals surface area contributed by atoms with Gasteiger partial charge in [-0.1, -0.05) is 0 Å². The van der Waals surface area contributed by atoms with Crippen LogP contribution >= 0.6 is 0 Å². The first kappa shape index (κ1) is 21.2. The molecule has 2 saturated heterocycles. The molecule has 0 unspecified atom stereocenters. The number of benzene rings is 1. The van der Waals surface area contributed by atoms with Crippen LogP contribution in [0.2, 0.25) is 0 Å². The highest BCUT2D eigenvalue weighted by atomic mass is 16.5. The predicted octanol–water partition coefficient (Wildman–Crippen LogP) is 2.73. The molecule has 0 aliphatic carbocycles. The first-order valence-corrected chi connectivity index (χ1v) is 10.2. The molecule has 1 aromatic carbocycles. The second kappa shape index (κ2) is 9.82. The second-order valence-electron chi connectivity index (χ2n) is 7.48. The van der Waals surface area contributed by atoms with E-state index in [0.717, 1.165) is 25.7 Å². The fourth-order valence-corrected chi connectivity index (χ4v) is 4.23. The summed E-state index contributed by atoms with van der Waals surface area (Å²) in [5, 5.41) is 2.92. The van der Waals surface area contributed by atoms with Gasteiger partial charge in [-0.05, 0) is 37.8 Å². The Labute approximate surface area is 172 Å². The largest absolute Gasteiger partial charge is 0.497 e. The number of amides is 3. The summed E-state index contributed by atoms with van der Waals surface area (Å²) in [6.07, 6.45) is 3.32. The van der Waals surface area contributed by atoms with Gasteiger partial charge < -0.3 is 29.3 Å². The molecule has 3 amide bonds. The molecule has 160 valence electrons. The summed E-state index contributed by atoms with van der Waals surface area (Å²) in [6.45, 7) is 4.27. The maximum absolute atomic E-state index is 12.8. The minimum Gasteiger partial charge on any atom is -0.497 e. The predicted molar refractivity (Wildman–Crippen MR) is 110 cm³/mol. The zero-order chi connectivity index (χ0) is 20.8. The average Bonchev–Trinajstić information content (AvgIpc) is 2.74. The maximum Gasteiger partial charge on any atom is 0.321 e. The van der Waals surface area contributed by atoms with E-state index in [1.165, 1.54) is 0 Å². The molecule has 29 heavy (non-hydrogen) atoms. The lowest BCUT2D eigenvalue weighted by molar-refractivity contribution is -0.137. The quantitative estimate of drug-likeness (QED) is 0.815. The lowest BCUT2D eigenvalue weighted by Crippen LogP contribution is -2.53. The molecule has 8 heteroatoms. The van der Waals surface area contributed by atoms with Gasteiger partial charge in [-0.15, -0.1) is 0 Å². The minimum absolute atomic E-state index is 0.112. The molecule has 1 aromatic rings. The van der Waals surface area contributed by atoms with E-state index in [9.17, 15) is 9.59 Å². The first-order valence-electron chi connectivity index (χ1n) is 10.2. The third-order valence-electron chi connectivity index (χ3n) is 5.74. The number of nitrogens with one attached hydrogen (secondary N) is 1. The van der Waals surface area contributed by atoms with E-state index >= 15 is 0 Å². The number of likely N-dealkylation sites (tertiary alicyclic amines) is 1. The van der Waals surface area contributed by atoms with Gasteiger partial charge in [-0.25, -0.2) is 4.79 Å². The Morgan fingerprint density at radius 3 is 2.31 bits per heavy atom. The summed E-state index contributed by atoms with van der Waals surface area (Å²) in [5.41, 5.74) is 0.576. The highest BCUT2D eigenvalue weighted by Crippen LogP contribution is 2.30. The Hall–Kier alpha value is -2.48. The Morgan fingerprint density at radius 1 is 1.07 bits per heavy atom. The van der Waals surface area contributed by atoms with Gasteiger partial charge in [0.2, 0.25) is 5.91 Å². The molecule has 2 fully saturated rings. The Morgan fingerprint density at radius 2 is 1.72 bits per heavy atom. The summed E-state index contributed by atoms with van der Waals surface area (Å²) in [4.78, 5) is 28.9. The Kier molecular flexibility index (Phi) is 7.19. The van der Waals surface area contributed by atoms with Crippen molar-refractivity contribution in [1.82, 2.24) is 9.80 Å². The van der Waals surface area contributed by atoms with E-state index in [1.54, 1.807) is 44.2 Å². The molecule has 2 heterocycles. The summed E-state index contributed by atoms with van der Waals surface area (Å²) in [7, 11) is 3.15. The van der Waals surface area contributed by atoms with E-state index in [4.69, 9.17) is 14.2 Å². The molecular formula is C21H31N3O5. The van der Waals surface area contributed by atoms with E-state index in [1.807, 2.05) is 4.90 Å². The number of urea groups is 1. The number of methoxy groups -OCH3 is 2. The summed E-state index contributed by atoms with van der Waals surface area (Å²) < 4.78 is 16.0. The van der Waals surface area contributed by atoms with Crippen LogP contribution in [0, 0.1) is 0 Å². The molecule has 0 atom stereocenters. The van der Waals surface area contributed by atoms with Crippen LogP contribution < -0.4 is 14.8 Å². The van der Waals surface area contributed by atoms with Gasteiger partial charge in [0.1, 0.15) is 11.5 Å². The molecular weight excluding hydrogens is 374 g/mol. The van der Waals surface area contributed by atoms with E-state index < -0.39 is 0 Å². The lowest BCUT2D eigenvalue weighted by Gasteiger charge is -2.43. The summed E-state index contributed by atoms with van der Waals surface area (Å²) >= 11 is 0. The molecule has 8 nitrogen and oxygen atoms in total. The van der Waals surface area contributed by atoms with Gasteiger partial charge >= 0.3 is 6.03 Å². The van der Waals surface area contributed by atoms with Crippen LogP contribution in [0.4, 0.5) is 10.5 Å². The monoisotopic (exact) mass is 405 g/mol. The van der Waals surface area contributed by atoms with Crippen molar-refractivity contribution in [3.63, 3.8) is 0 Å². The Balaban J connectivity index is 1.60. The lowest BCUT2D eigenvalue weighted by atomic mass is 9.98. The second-order valence-corrected chi connectivity index (χ2v) is 7.48. The molecule has 0 spiro atoms. The molecule has 0 radical (unpaired) electrons. The fraction of sp³-hybridized carbons (Fsp3) is 0.619. The van der Waals surface area contributed by atoms with E-state index in [0.29, 0.717) is 43.5 Å². The highest BCUT2D eigenvalue weighted by Gasteiger charge is 2.33. The van der Waals surface area contributed by atoms with Gasteiger partial charge in [0.15, 0.2) is 0 Å². The number of hydrogen-bond donors (Lipinski definition) is 1. The van der Waals surface area contributed by atoms with Crippen LogP contribution in [0.25, 0.3) is 0 Å². The van der Waals surface area contributed by atoms with Crippen molar-refractivity contribution in [2.24, 2.45) is 0 Å². The van der Waals surface area contributed by atoms with Crippen LogP contribution in [-0.2, 0) is 9.53 Å². The average molecular weight is 405 g/mol. The minimum atomic E-state index is -0.171. The molecule has 1 N–H and O–H groups in total. The van der Waals surface area contributed by atoms with Crippen molar-refractivity contribution in [1.29, 1.82) is 0 Å². The topological polar surface area (TPSA) is 80.3 Å².